The molecule has 0 saturated heterocycles. The first-order valence-corrected chi connectivity index (χ1v) is 11.1. The number of pyridine rings is 1. The van der Waals surface area contributed by atoms with Crippen LogP contribution in [0.3, 0.4) is 0 Å². The summed E-state index contributed by atoms with van der Waals surface area (Å²) in [7, 11) is 0. The Morgan fingerprint density at radius 3 is 2.23 bits per heavy atom. The van der Waals surface area contributed by atoms with Crippen LogP contribution in [0.1, 0.15) is 22.3 Å². The first-order chi connectivity index (χ1) is 15.4. The smallest absolute Gasteiger partial charge is 0.0535 e. The van der Waals surface area contributed by atoms with Crippen LogP contribution in [0, 0.1) is 0 Å². The van der Waals surface area contributed by atoms with E-state index in [1.54, 1.807) is 0 Å². The highest BCUT2D eigenvalue weighted by Gasteiger charge is 2.29. The predicted molar refractivity (Wildman–Crippen MR) is 129 cm³/mol. The van der Waals surface area contributed by atoms with Crippen LogP contribution in [0.4, 0.5) is 0 Å². The molecule has 0 aliphatic heterocycles. The Bertz CT molecular complexity index is 1730. The fraction of sp³-hybridized carbons (Fsp3) is 0.0667. The molecule has 144 valence electrons. The lowest BCUT2D eigenvalue weighted by atomic mass is 9.93. The van der Waals surface area contributed by atoms with E-state index < -0.39 is 0 Å². The largest absolute Gasteiger partial charge is 0.316 e. The molecule has 2 heterocycles. The third kappa shape index (κ3) is 1.88. The summed E-state index contributed by atoms with van der Waals surface area (Å²) < 4.78 is 2.33. The van der Waals surface area contributed by atoms with Crippen LogP contribution < -0.4 is 0 Å². The first kappa shape index (κ1) is 15.9. The Balaban J connectivity index is 1.50. The van der Waals surface area contributed by atoms with Crippen LogP contribution in [0.2, 0.25) is 0 Å². The average Bonchev–Trinajstić information content (AvgIpc) is 3.53. The summed E-state index contributed by atoms with van der Waals surface area (Å²) in [6.07, 6.45) is 4.25. The Morgan fingerprint density at radius 1 is 0.516 bits per heavy atom. The Kier molecular flexibility index (Phi) is 2.80. The SMILES string of the molecule is c1ccc2c(c1)Cc1c-2ccc2c1-c1ccc3c(c1C2)c1ccccc1n1cccc31. The second-order valence-corrected chi connectivity index (χ2v) is 8.93. The van der Waals surface area contributed by atoms with Crippen molar-refractivity contribution in [3.05, 3.63) is 113 Å². The molecule has 31 heavy (non-hydrogen) atoms. The molecule has 0 unspecified atom stereocenters. The molecule has 0 saturated carbocycles. The number of aromatic nitrogens is 1. The summed E-state index contributed by atoms with van der Waals surface area (Å²) >= 11 is 0. The standard InChI is InChI=1S/C30H19N/c1-2-7-20-18(6-1)16-25-21(20)12-11-19-17-26-22(29(19)25)13-14-24-28-10-5-15-31(28)27-9-4-3-8-23(27)30(24)26/h1-15H,16-17H2. The molecule has 0 amide bonds. The molecule has 8 rings (SSSR count). The van der Waals surface area contributed by atoms with Crippen molar-refractivity contribution in [3.8, 4) is 22.3 Å². The number of rotatable bonds is 0. The molecule has 0 bridgehead atoms. The van der Waals surface area contributed by atoms with Crippen molar-refractivity contribution in [2.45, 2.75) is 12.8 Å². The van der Waals surface area contributed by atoms with E-state index in [0.29, 0.717) is 0 Å². The van der Waals surface area contributed by atoms with Crippen molar-refractivity contribution >= 4 is 27.2 Å². The molecule has 0 spiro atoms. The van der Waals surface area contributed by atoms with E-state index in [-0.39, 0.29) is 0 Å². The van der Waals surface area contributed by atoms with Crippen LogP contribution >= 0.6 is 0 Å². The number of para-hydroxylation sites is 1. The van der Waals surface area contributed by atoms with Crippen LogP contribution in [0.25, 0.3) is 49.4 Å². The summed E-state index contributed by atoms with van der Waals surface area (Å²) in [5.74, 6) is 0. The van der Waals surface area contributed by atoms with Crippen molar-refractivity contribution in [2.75, 3.05) is 0 Å². The molecule has 4 aromatic carbocycles. The molecule has 0 fully saturated rings. The van der Waals surface area contributed by atoms with Crippen molar-refractivity contribution in [3.63, 3.8) is 0 Å². The van der Waals surface area contributed by atoms with Crippen LogP contribution in [-0.2, 0) is 12.8 Å². The van der Waals surface area contributed by atoms with Crippen LogP contribution in [0.5, 0.6) is 0 Å². The number of hydrogen-bond donors (Lipinski definition) is 0. The van der Waals surface area contributed by atoms with Gasteiger partial charge in [-0.3, -0.25) is 0 Å². The fourth-order valence-corrected chi connectivity index (χ4v) is 6.23. The highest BCUT2D eigenvalue weighted by atomic mass is 14.9. The molecule has 1 nitrogen and oxygen atoms in total. The molecule has 1 heteroatoms. The van der Waals surface area contributed by atoms with Gasteiger partial charge in [0.2, 0.25) is 0 Å². The Labute approximate surface area is 180 Å². The van der Waals surface area contributed by atoms with Crippen molar-refractivity contribution in [1.29, 1.82) is 0 Å². The number of nitrogens with zero attached hydrogens (tertiary/aromatic N) is 1. The van der Waals surface area contributed by atoms with E-state index in [9.17, 15) is 0 Å². The van der Waals surface area contributed by atoms with E-state index in [4.69, 9.17) is 0 Å². The van der Waals surface area contributed by atoms with Gasteiger partial charge in [0.1, 0.15) is 0 Å². The molecule has 6 aromatic rings. The zero-order valence-electron chi connectivity index (χ0n) is 17.0. The van der Waals surface area contributed by atoms with Gasteiger partial charge in [-0.05, 0) is 80.9 Å². The van der Waals surface area contributed by atoms with Gasteiger partial charge in [0.05, 0.1) is 11.0 Å². The van der Waals surface area contributed by atoms with Gasteiger partial charge in [-0.25, -0.2) is 0 Å². The summed E-state index contributed by atoms with van der Waals surface area (Å²) in [5.41, 5.74) is 14.3. The van der Waals surface area contributed by atoms with Gasteiger partial charge >= 0.3 is 0 Å². The summed E-state index contributed by atoms with van der Waals surface area (Å²) in [5, 5.41) is 4.14. The van der Waals surface area contributed by atoms with E-state index in [2.05, 4.69) is 95.5 Å². The second kappa shape index (κ2) is 5.44. The number of fused-ring (bicyclic) bond motifs is 14. The lowest BCUT2D eigenvalue weighted by Crippen LogP contribution is -1.93. The zero-order valence-corrected chi connectivity index (χ0v) is 17.0. The maximum Gasteiger partial charge on any atom is 0.0535 e. The molecular formula is C30H19N. The quantitative estimate of drug-likeness (QED) is 0.237. The molecule has 2 aliphatic carbocycles. The van der Waals surface area contributed by atoms with Gasteiger partial charge in [0.25, 0.3) is 0 Å². The maximum atomic E-state index is 2.38. The van der Waals surface area contributed by atoms with Gasteiger partial charge in [-0.1, -0.05) is 66.7 Å². The molecule has 0 radical (unpaired) electrons. The highest BCUT2D eigenvalue weighted by molar-refractivity contribution is 6.16. The third-order valence-electron chi connectivity index (χ3n) is 7.48. The van der Waals surface area contributed by atoms with Crippen molar-refractivity contribution in [1.82, 2.24) is 4.40 Å². The second-order valence-electron chi connectivity index (χ2n) is 8.93. The monoisotopic (exact) mass is 393 g/mol. The summed E-state index contributed by atoms with van der Waals surface area (Å²) in [4.78, 5) is 0. The molecule has 2 aromatic heterocycles. The summed E-state index contributed by atoms with van der Waals surface area (Å²) in [6, 6.07) is 31.6. The van der Waals surface area contributed by atoms with Gasteiger partial charge in [0, 0.05) is 17.0 Å². The first-order valence-electron chi connectivity index (χ1n) is 11.1. The topological polar surface area (TPSA) is 4.41 Å². The van der Waals surface area contributed by atoms with E-state index >= 15 is 0 Å². The summed E-state index contributed by atoms with van der Waals surface area (Å²) in [6.45, 7) is 0. The molecule has 2 aliphatic rings. The number of benzene rings is 4. The van der Waals surface area contributed by atoms with Gasteiger partial charge in [0.15, 0.2) is 0 Å². The van der Waals surface area contributed by atoms with Gasteiger partial charge < -0.3 is 4.40 Å². The average molecular weight is 393 g/mol. The minimum atomic E-state index is 1.02. The maximum absolute atomic E-state index is 2.38. The van der Waals surface area contributed by atoms with Gasteiger partial charge in [-0.15, -0.1) is 0 Å². The highest BCUT2D eigenvalue weighted by Crippen LogP contribution is 2.50. The normalized spacial score (nSPS) is 13.5. The molecular weight excluding hydrogens is 374 g/mol. The van der Waals surface area contributed by atoms with Crippen LogP contribution in [0.15, 0.2) is 91.1 Å². The third-order valence-corrected chi connectivity index (χ3v) is 7.48. The lowest BCUT2D eigenvalue weighted by molar-refractivity contribution is 1.24. The van der Waals surface area contributed by atoms with Gasteiger partial charge in [-0.2, -0.15) is 0 Å². The minimum absolute atomic E-state index is 1.02. The predicted octanol–water partition coefficient (Wildman–Crippen LogP) is 7.39. The minimum Gasteiger partial charge on any atom is -0.316 e. The molecule has 0 N–H and O–H groups in total. The number of hydrogen-bond acceptors (Lipinski definition) is 0. The Morgan fingerprint density at radius 2 is 1.26 bits per heavy atom. The van der Waals surface area contributed by atoms with Crippen molar-refractivity contribution in [2.24, 2.45) is 0 Å². The fourth-order valence-electron chi connectivity index (χ4n) is 6.23. The lowest BCUT2D eigenvalue weighted by Gasteiger charge is -2.14. The van der Waals surface area contributed by atoms with E-state index in [1.807, 2.05) is 0 Å². The van der Waals surface area contributed by atoms with E-state index in [1.165, 1.54) is 71.7 Å². The zero-order chi connectivity index (χ0) is 20.1. The van der Waals surface area contributed by atoms with Crippen molar-refractivity contribution < 1.29 is 0 Å². The van der Waals surface area contributed by atoms with E-state index in [0.717, 1.165) is 12.8 Å². The Hall–Kier alpha value is -3.84. The molecule has 0 atom stereocenters. The van der Waals surface area contributed by atoms with Crippen LogP contribution in [-0.4, -0.2) is 4.40 Å².